The van der Waals surface area contributed by atoms with Gasteiger partial charge in [0.2, 0.25) is 0 Å². The largest absolute Gasteiger partial charge is 0.303 e. The molecule has 3 nitrogen and oxygen atoms in total. The summed E-state index contributed by atoms with van der Waals surface area (Å²) in [6.45, 7) is 8.49. The second kappa shape index (κ2) is 5.64. The van der Waals surface area contributed by atoms with E-state index in [4.69, 9.17) is 0 Å². The zero-order chi connectivity index (χ0) is 14.3. The minimum absolute atomic E-state index is 0.498. The SMILES string of the molecule is Cc1nc(CN2CCCC23CCN(CC2CC2)CC3)cs1. The highest BCUT2D eigenvalue weighted by atomic mass is 32.1. The fourth-order valence-corrected chi connectivity index (χ4v) is 4.90. The summed E-state index contributed by atoms with van der Waals surface area (Å²) < 4.78 is 0. The third kappa shape index (κ3) is 3.03. The maximum absolute atomic E-state index is 4.68. The normalized spacial score (nSPS) is 26.7. The lowest BCUT2D eigenvalue weighted by molar-refractivity contribution is 0.0455. The number of aryl methyl sites for hydroxylation is 1. The van der Waals surface area contributed by atoms with E-state index in [0.717, 1.165) is 12.5 Å². The molecule has 3 fully saturated rings. The zero-order valence-corrected chi connectivity index (χ0v) is 14.0. The van der Waals surface area contributed by atoms with E-state index in [1.807, 2.05) is 0 Å². The van der Waals surface area contributed by atoms with Crippen LogP contribution in [0.4, 0.5) is 0 Å². The predicted molar refractivity (Wildman–Crippen MR) is 87.6 cm³/mol. The van der Waals surface area contributed by atoms with E-state index in [2.05, 4.69) is 27.1 Å². The minimum Gasteiger partial charge on any atom is -0.303 e. The van der Waals surface area contributed by atoms with Crippen LogP contribution in [0.3, 0.4) is 0 Å². The summed E-state index contributed by atoms with van der Waals surface area (Å²) in [6, 6.07) is 0. The highest BCUT2D eigenvalue weighted by molar-refractivity contribution is 7.09. The van der Waals surface area contributed by atoms with E-state index in [1.54, 1.807) is 11.3 Å². The van der Waals surface area contributed by atoms with Gasteiger partial charge in [-0.2, -0.15) is 0 Å². The molecule has 0 unspecified atom stereocenters. The molecule has 4 heteroatoms. The molecule has 0 amide bonds. The molecule has 21 heavy (non-hydrogen) atoms. The van der Waals surface area contributed by atoms with Crippen LogP contribution in [0.25, 0.3) is 0 Å². The fraction of sp³-hybridized carbons (Fsp3) is 0.824. The van der Waals surface area contributed by atoms with Gasteiger partial charge >= 0.3 is 0 Å². The van der Waals surface area contributed by atoms with Crippen LogP contribution in [0, 0.1) is 12.8 Å². The first kappa shape index (κ1) is 14.2. The summed E-state index contributed by atoms with van der Waals surface area (Å²) in [5.74, 6) is 1.04. The summed E-state index contributed by atoms with van der Waals surface area (Å²) in [6.07, 6.45) is 8.51. The molecule has 1 saturated carbocycles. The van der Waals surface area contributed by atoms with E-state index in [-0.39, 0.29) is 0 Å². The number of nitrogens with zero attached hydrogens (tertiary/aromatic N) is 3. The van der Waals surface area contributed by atoms with Crippen molar-refractivity contribution in [3.8, 4) is 0 Å². The number of rotatable bonds is 4. The molecule has 1 spiro atoms. The number of piperidine rings is 1. The topological polar surface area (TPSA) is 19.4 Å². The van der Waals surface area contributed by atoms with Gasteiger partial charge in [0.15, 0.2) is 0 Å². The lowest BCUT2D eigenvalue weighted by Gasteiger charge is -2.45. The van der Waals surface area contributed by atoms with Crippen molar-refractivity contribution in [1.29, 1.82) is 0 Å². The van der Waals surface area contributed by atoms with E-state index in [1.165, 1.54) is 75.4 Å². The molecule has 0 radical (unpaired) electrons. The second-order valence-electron chi connectivity index (χ2n) is 7.35. The molecule has 0 atom stereocenters. The van der Waals surface area contributed by atoms with Crippen molar-refractivity contribution in [3.05, 3.63) is 16.1 Å². The molecule has 1 aromatic heterocycles. The van der Waals surface area contributed by atoms with Gasteiger partial charge in [-0.3, -0.25) is 4.90 Å². The van der Waals surface area contributed by atoms with E-state index in [9.17, 15) is 0 Å². The Hall–Kier alpha value is -0.450. The molecule has 1 aromatic rings. The van der Waals surface area contributed by atoms with Gasteiger partial charge in [-0.1, -0.05) is 0 Å². The summed E-state index contributed by atoms with van der Waals surface area (Å²) in [4.78, 5) is 10.2. The lowest BCUT2D eigenvalue weighted by atomic mass is 9.84. The molecule has 0 aromatic carbocycles. The molecular weight excluding hydrogens is 278 g/mol. The van der Waals surface area contributed by atoms with Crippen molar-refractivity contribution in [3.63, 3.8) is 0 Å². The predicted octanol–water partition coefficient (Wildman–Crippen LogP) is 3.29. The summed E-state index contributed by atoms with van der Waals surface area (Å²) in [5, 5.41) is 3.46. The number of aromatic nitrogens is 1. The number of hydrogen-bond donors (Lipinski definition) is 0. The molecule has 116 valence electrons. The van der Waals surface area contributed by atoms with Gasteiger partial charge in [-0.15, -0.1) is 11.3 Å². The maximum atomic E-state index is 4.68. The fourth-order valence-electron chi connectivity index (χ4n) is 4.30. The van der Waals surface area contributed by atoms with Crippen LogP contribution in [-0.4, -0.2) is 46.5 Å². The molecule has 3 aliphatic rings. The van der Waals surface area contributed by atoms with E-state index in [0.29, 0.717) is 5.54 Å². The van der Waals surface area contributed by atoms with Crippen molar-refractivity contribution in [2.75, 3.05) is 26.2 Å². The van der Waals surface area contributed by atoms with Crippen molar-refractivity contribution >= 4 is 11.3 Å². The van der Waals surface area contributed by atoms with Gasteiger partial charge in [0.05, 0.1) is 10.7 Å². The molecule has 3 heterocycles. The Morgan fingerprint density at radius 3 is 2.71 bits per heavy atom. The third-order valence-corrected chi connectivity index (χ3v) is 6.58. The average molecular weight is 305 g/mol. The van der Waals surface area contributed by atoms with E-state index < -0.39 is 0 Å². The Balaban J connectivity index is 1.38. The molecule has 2 saturated heterocycles. The Kier molecular flexibility index (Phi) is 3.80. The van der Waals surface area contributed by atoms with Crippen LogP contribution in [0.2, 0.25) is 0 Å². The molecule has 0 N–H and O–H groups in total. The van der Waals surface area contributed by atoms with Gasteiger partial charge in [-0.05, 0) is 71.0 Å². The molecule has 2 aliphatic heterocycles. The first-order chi connectivity index (χ1) is 10.2. The minimum atomic E-state index is 0.498. The van der Waals surface area contributed by atoms with Gasteiger partial charge < -0.3 is 4.90 Å². The van der Waals surface area contributed by atoms with Crippen molar-refractivity contribution in [2.24, 2.45) is 5.92 Å². The summed E-state index contributed by atoms with van der Waals surface area (Å²) in [5.41, 5.74) is 1.79. The van der Waals surface area contributed by atoms with Gasteiger partial charge in [0.25, 0.3) is 0 Å². The Bertz CT molecular complexity index is 486. The maximum Gasteiger partial charge on any atom is 0.0897 e. The average Bonchev–Trinajstić information content (AvgIpc) is 3.09. The smallest absolute Gasteiger partial charge is 0.0897 e. The number of thiazole rings is 1. The lowest BCUT2D eigenvalue weighted by Crippen LogP contribution is -2.52. The number of likely N-dealkylation sites (tertiary alicyclic amines) is 2. The first-order valence-corrected chi connectivity index (χ1v) is 9.50. The van der Waals surface area contributed by atoms with Crippen LogP contribution in [0.1, 0.15) is 49.2 Å². The van der Waals surface area contributed by atoms with Crippen molar-refractivity contribution < 1.29 is 0 Å². The molecule has 0 bridgehead atoms. The molecular formula is C17H27N3S. The first-order valence-electron chi connectivity index (χ1n) is 8.62. The summed E-state index contributed by atoms with van der Waals surface area (Å²) in [7, 11) is 0. The second-order valence-corrected chi connectivity index (χ2v) is 8.41. The van der Waals surface area contributed by atoms with Gasteiger partial charge in [0, 0.05) is 24.0 Å². The quantitative estimate of drug-likeness (QED) is 0.851. The third-order valence-electron chi connectivity index (χ3n) is 5.76. The van der Waals surface area contributed by atoms with Crippen LogP contribution < -0.4 is 0 Å². The molecule has 1 aliphatic carbocycles. The molecule has 4 rings (SSSR count). The van der Waals surface area contributed by atoms with Crippen LogP contribution >= 0.6 is 11.3 Å². The van der Waals surface area contributed by atoms with Crippen LogP contribution in [-0.2, 0) is 6.54 Å². The highest BCUT2D eigenvalue weighted by Gasteiger charge is 2.43. The van der Waals surface area contributed by atoms with Gasteiger partial charge in [0.1, 0.15) is 0 Å². The van der Waals surface area contributed by atoms with E-state index >= 15 is 0 Å². The van der Waals surface area contributed by atoms with Gasteiger partial charge in [-0.25, -0.2) is 4.98 Å². The van der Waals surface area contributed by atoms with Crippen molar-refractivity contribution in [2.45, 2.75) is 57.5 Å². The Morgan fingerprint density at radius 1 is 1.24 bits per heavy atom. The van der Waals surface area contributed by atoms with Crippen molar-refractivity contribution in [1.82, 2.24) is 14.8 Å². The highest BCUT2D eigenvalue weighted by Crippen LogP contribution is 2.40. The van der Waals surface area contributed by atoms with Crippen LogP contribution in [0.15, 0.2) is 5.38 Å². The monoisotopic (exact) mass is 305 g/mol. The standard InChI is InChI=1S/C17H27N3S/c1-14-18-16(13-21-14)12-20-8-2-5-17(20)6-9-19(10-7-17)11-15-3-4-15/h13,15H,2-12H2,1H3. The summed E-state index contributed by atoms with van der Waals surface area (Å²) >= 11 is 1.79. The Labute approximate surface area is 132 Å². The van der Waals surface area contributed by atoms with Crippen LogP contribution in [0.5, 0.6) is 0 Å². The number of hydrogen-bond acceptors (Lipinski definition) is 4. The zero-order valence-electron chi connectivity index (χ0n) is 13.2. The Morgan fingerprint density at radius 2 is 2.05 bits per heavy atom.